The number of nitrogens with two attached hydrogens (primary N) is 2. The molecule has 1 aliphatic heterocycles. The maximum absolute atomic E-state index is 6.11. The van der Waals surface area contributed by atoms with Crippen LogP contribution in [0.5, 0.6) is 0 Å². The molecule has 1 aliphatic rings. The Morgan fingerprint density at radius 2 is 1.93 bits per heavy atom. The van der Waals surface area contributed by atoms with Crippen LogP contribution >= 0.6 is 0 Å². The molecule has 3 aromatic heterocycles. The molecule has 0 saturated carbocycles. The van der Waals surface area contributed by atoms with Gasteiger partial charge in [0.25, 0.3) is 0 Å². The standard InChI is InChI=1S/C21H22N8/c22-14-5-8-29(9-6-14)19-12-24-11-18(26-19)21-15-10-13(3-4-17(15)27-28-21)20-16(23)2-1-7-25-20/h1-4,7,10-12,14H,5-6,8-9,22-23H2,(H,27,28). The molecule has 5 rings (SSSR count). The number of piperidine rings is 1. The van der Waals surface area contributed by atoms with Gasteiger partial charge >= 0.3 is 0 Å². The predicted molar refractivity (Wildman–Crippen MR) is 114 cm³/mol. The van der Waals surface area contributed by atoms with E-state index >= 15 is 0 Å². The molecule has 0 spiro atoms. The number of hydrogen-bond donors (Lipinski definition) is 3. The first-order chi connectivity index (χ1) is 14.2. The summed E-state index contributed by atoms with van der Waals surface area (Å²) in [4.78, 5) is 15.9. The highest BCUT2D eigenvalue weighted by Gasteiger charge is 2.19. The van der Waals surface area contributed by atoms with Crippen LogP contribution in [0.3, 0.4) is 0 Å². The lowest BCUT2D eigenvalue weighted by Crippen LogP contribution is -2.40. The molecule has 0 bridgehead atoms. The van der Waals surface area contributed by atoms with Gasteiger partial charge in [0.2, 0.25) is 0 Å². The topological polar surface area (TPSA) is 123 Å². The molecular weight excluding hydrogens is 364 g/mol. The Hall–Kier alpha value is -3.52. The highest BCUT2D eigenvalue weighted by atomic mass is 15.2. The number of nitrogens with one attached hydrogen (secondary N) is 1. The normalized spacial score (nSPS) is 15.1. The molecule has 0 aliphatic carbocycles. The van der Waals surface area contributed by atoms with Crippen LogP contribution in [0.4, 0.5) is 11.5 Å². The van der Waals surface area contributed by atoms with Crippen molar-refractivity contribution in [1.82, 2.24) is 25.1 Å². The third kappa shape index (κ3) is 3.27. The van der Waals surface area contributed by atoms with Crippen LogP contribution in [-0.2, 0) is 0 Å². The Bertz CT molecular complexity index is 1160. The van der Waals surface area contributed by atoms with Gasteiger partial charge < -0.3 is 16.4 Å². The summed E-state index contributed by atoms with van der Waals surface area (Å²) < 4.78 is 0. The number of pyridine rings is 1. The molecule has 8 nitrogen and oxygen atoms in total. The summed E-state index contributed by atoms with van der Waals surface area (Å²) in [5.74, 6) is 0.857. The summed E-state index contributed by atoms with van der Waals surface area (Å²) in [6.45, 7) is 1.79. The summed E-state index contributed by atoms with van der Waals surface area (Å²) in [7, 11) is 0. The number of nitrogens with zero attached hydrogens (tertiary/aromatic N) is 5. The number of nitrogen functional groups attached to an aromatic ring is 1. The molecule has 8 heteroatoms. The third-order valence-corrected chi connectivity index (χ3v) is 5.40. The average Bonchev–Trinajstić information content (AvgIpc) is 3.18. The largest absolute Gasteiger partial charge is 0.397 e. The summed E-state index contributed by atoms with van der Waals surface area (Å²) in [6, 6.07) is 9.97. The van der Waals surface area contributed by atoms with Gasteiger partial charge in [0.1, 0.15) is 17.2 Å². The summed E-state index contributed by atoms with van der Waals surface area (Å²) >= 11 is 0. The first-order valence-electron chi connectivity index (χ1n) is 9.71. The van der Waals surface area contributed by atoms with Crippen LogP contribution < -0.4 is 16.4 Å². The highest BCUT2D eigenvalue weighted by molar-refractivity contribution is 5.95. The minimum atomic E-state index is 0.273. The highest BCUT2D eigenvalue weighted by Crippen LogP contribution is 2.31. The molecule has 29 heavy (non-hydrogen) atoms. The number of benzene rings is 1. The van der Waals surface area contributed by atoms with Crippen molar-refractivity contribution in [3.05, 3.63) is 48.9 Å². The third-order valence-electron chi connectivity index (χ3n) is 5.40. The van der Waals surface area contributed by atoms with Gasteiger partial charge in [0.15, 0.2) is 0 Å². The van der Waals surface area contributed by atoms with Gasteiger partial charge in [-0.25, -0.2) is 4.98 Å². The first-order valence-corrected chi connectivity index (χ1v) is 9.71. The van der Waals surface area contributed by atoms with Crippen LogP contribution in [-0.4, -0.2) is 44.3 Å². The molecule has 146 valence electrons. The number of aromatic nitrogens is 5. The Morgan fingerprint density at radius 3 is 2.76 bits per heavy atom. The molecular formula is C21H22N8. The fraction of sp³-hybridized carbons (Fsp3) is 0.238. The summed E-state index contributed by atoms with van der Waals surface area (Å²) in [5.41, 5.74) is 16.9. The van der Waals surface area contributed by atoms with E-state index in [1.807, 2.05) is 30.3 Å². The lowest BCUT2D eigenvalue weighted by atomic mass is 10.1. The smallest absolute Gasteiger partial charge is 0.147 e. The second-order valence-electron chi connectivity index (χ2n) is 7.36. The zero-order valence-corrected chi connectivity index (χ0v) is 15.9. The molecule has 0 atom stereocenters. The van der Waals surface area contributed by atoms with E-state index in [2.05, 4.69) is 25.1 Å². The lowest BCUT2D eigenvalue weighted by Gasteiger charge is -2.30. The Morgan fingerprint density at radius 1 is 1.07 bits per heavy atom. The van der Waals surface area contributed by atoms with Crippen LogP contribution in [0.1, 0.15) is 12.8 Å². The van der Waals surface area contributed by atoms with E-state index < -0.39 is 0 Å². The molecule has 0 amide bonds. The predicted octanol–water partition coefficient (Wildman–Crippen LogP) is 2.59. The lowest BCUT2D eigenvalue weighted by molar-refractivity contribution is 0.498. The van der Waals surface area contributed by atoms with E-state index in [1.165, 1.54) is 0 Å². The maximum atomic E-state index is 6.11. The first kappa shape index (κ1) is 17.6. The van der Waals surface area contributed by atoms with Gasteiger partial charge in [-0.05, 0) is 37.1 Å². The Balaban J connectivity index is 1.55. The van der Waals surface area contributed by atoms with Gasteiger partial charge in [-0.3, -0.25) is 15.1 Å². The van der Waals surface area contributed by atoms with Gasteiger partial charge in [0, 0.05) is 36.3 Å². The van der Waals surface area contributed by atoms with Crippen LogP contribution in [0.15, 0.2) is 48.9 Å². The fourth-order valence-corrected chi connectivity index (χ4v) is 3.77. The van der Waals surface area contributed by atoms with Crippen molar-refractivity contribution in [1.29, 1.82) is 0 Å². The molecule has 5 N–H and O–H groups in total. The van der Waals surface area contributed by atoms with Crippen molar-refractivity contribution in [3.63, 3.8) is 0 Å². The number of rotatable bonds is 3. The fourth-order valence-electron chi connectivity index (χ4n) is 3.77. The van der Waals surface area contributed by atoms with Crippen LogP contribution in [0.25, 0.3) is 33.5 Å². The Labute approximate surface area is 168 Å². The number of hydrogen-bond acceptors (Lipinski definition) is 7. The van der Waals surface area contributed by atoms with Gasteiger partial charge in [-0.15, -0.1) is 0 Å². The quantitative estimate of drug-likeness (QED) is 0.494. The monoisotopic (exact) mass is 386 g/mol. The van der Waals surface area contributed by atoms with Crippen LogP contribution in [0.2, 0.25) is 0 Å². The van der Waals surface area contributed by atoms with Crippen molar-refractivity contribution in [2.45, 2.75) is 18.9 Å². The minimum absolute atomic E-state index is 0.273. The van der Waals surface area contributed by atoms with E-state index in [0.717, 1.165) is 65.3 Å². The number of H-pyrrole nitrogens is 1. The van der Waals surface area contributed by atoms with Crippen molar-refractivity contribution >= 4 is 22.4 Å². The van der Waals surface area contributed by atoms with Crippen molar-refractivity contribution in [2.24, 2.45) is 5.73 Å². The van der Waals surface area contributed by atoms with Crippen molar-refractivity contribution in [3.8, 4) is 22.6 Å². The minimum Gasteiger partial charge on any atom is -0.397 e. The second-order valence-corrected chi connectivity index (χ2v) is 7.36. The van der Waals surface area contributed by atoms with Crippen molar-refractivity contribution < 1.29 is 0 Å². The molecule has 1 saturated heterocycles. The van der Waals surface area contributed by atoms with E-state index in [9.17, 15) is 0 Å². The molecule has 4 aromatic rings. The van der Waals surface area contributed by atoms with E-state index in [-0.39, 0.29) is 6.04 Å². The number of anilines is 2. The molecule has 4 heterocycles. The van der Waals surface area contributed by atoms with Crippen LogP contribution in [0, 0.1) is 0 Å². The van der Waals surface area contributed by atoms with Gasteiger partial charge in [-0.2, -0.15) is 5.10 Å². The SMILES string of the molecule is Nc1cccnc1-c1ccc2[nH]nc(-c3cncc(N4CCC(N)CC4)n3)c2c1. The molecule has 1 aromatic carbocycles. The van der Waals surface area contributed by atoms with Crippen molar-refractivity contribution in [2.75, 3.05) is 23.7 Å². The van der Waals surface area contributed by atoms with Gasteiger partial charge in [0.05, 0.1) is 29.3 Å². The zero-order valence-electron chi connectivity index (χ0n) is 15.9. The van der Waals surface area contributed by atoms with E-state index in [4.69, 9.17) is 16.5 Å². The zero-order chi connectivity index (χ0) is 19.8. The summed E-state index contributed by atoms with van der Waals surface area (Å²) in [6.07, 6.45) is 7.22. The molecule has 0 radical (unpaired) electrons. The average molecular weight is 386 g/mol. The number of fused-ring (bicyclic) bond motifs is 1. The van der Waals surface area contributed by atoms with E-state index in [1.54, 1.807) is 18.6 Å². The molecule has 1 fully saturated rings. The van der Waals surface area contributed by atoms with Gasteiger partial charge in [-0.1, -0.05) is 6.07 Å². The summed E-state index contributed by atoms with van der Waals surface area (Å²) in [5, 5.41) is 8.55. The number of aromatic amines is 1. The van der Waals surface area contributed by atoms with E-state index in [0.29, 0.717) is 5.69 Å². The molecule has 0 unspecified atom stereocenters. The Kier molecular flexibility index (Phi) is 4.33. The second kappa shape index (κ2) is 7.14. The maximum Gasteiger partial charge on any atom is 0.147 e.